The number of hydrogen-bond donors (Lipinski definition) is 2. The Morgan fingerprint density at radius 1 is 1.56 bits per heavy atom. The van der Waals surface area contributed by atoms with Crippen molar-refractivity contribution in [2.45, 2.75) is 25.3 Å². The third kappa shape index (κ3) is 3.17. The smallest absolute Gasteiger partial charge is 0.242 e. The van der Waals surface area contributed by atoms with Gasteiger partial charge < -0.3 is 20.5 Å². The molecule has 1 aliphatic rings. The van der Waals surface area contributed by atoms with Crippen LogP contribution in [0.2, 0.25) is 0 Å². The number of aliphatic hydroxyl groups excluding tert-OH is 1. The van der Waals surface area contributed by atoms with E-state index in [4.69, 9.17) is 15.6 Å². The molecule has 0 spiro atoms. The van der Waals surface area contributed by atoms with Crippen LogP contribution < -0.4 is 5.73 Å². The van der Waals surface area contributed by atoms with Gasteiger partial charge in [0, 0.05) is 20.2 Å². The fourth-order valence-corrected chi connectivity index (χ4v) is 1.84. The van der Waals surface area contributed by atoms with Gasteiger partial charge in [0.2, 0.25) is 5.91 Å². The summed E-state index contributed by atoms with van der Waals surface area (Å²) in [6.45, 7) is 3.00. The maximum Gasteiger partial charge on any atom is 0.242 e. The first-order valence-electron chi connectivity index (χ1n) is 5.72. The van der Waals surface area contributed by atoms with Crippen molar-refractivity contribution in [3.63, 3.8) is 0 Å². The van der Waals surface area contributed by atoms with E-state index >= 15 is 0 Å². The second kappa shape index (κ2) is 5.61. The molecule has 3 N–H and O–H groups in total. The third-order valence-corrected chi connectivity index (χ3v) is 3.11. The summed E-state index contributed by atoms with van der Waals surface area (Å²) >= 11 is 0. The van der Waals surface area contributed by atoms with Gasteiger partial charge in [0.25, 0.3) is 0 Å². The van der Waals surface area contributed by atoms with Crippen LogP contribution in [0.15, 0.2) is 0 Å². The van der Waals surface area contributed by atoms with Gasteiger partial charge in [-0.25, -0.2) is 0 Å². The van der Waals surface area contributed by atoms with Crippen LogP contribution in [0.4, 0.5) is 0 Å². The lowest BCUT2D eigenvalue weighted by Crippen LogP contribution is -2.56. The molecule has 0 heterocycles. The molecule has 1 amide bonds. The molecule has 1 saturated carbocycles. The molecular weight excluding hydrogens is 208 g/mol. The van der Waals surface area contributed by atoms with Gasteiger partial charge in [-0.3, -0.25) is 4.79 Å². The van der Waals surface area contributed by atoms with Crippen molar-refractivity contribution in [1.82, 2.24) is 4.90 Å². The Balaban J connectivity index is 2.57. The topological polar surface area (TPSA) is 75.8 Å². The standard InChI is InChI=1S/C11H22N2O3/c1-11(12,9-3-4-9)10(15)13(5-7-14)6-8-16-2/h9,14H,3-8,12H2,1-2H3. The summed E-state index contributed by atoms with van der Waals surface area (Å²) in [6.07, 6.45) is 2.05. The average molecular weight is 230 g/mol. The molecule has 0 aromatic rings. The van der Waals surface area contributed by atoms with Crippen molar-refractivity contribution >= 4 is 5.91 Å². The number of carbonyl (C=O) groups excluding carboxylic acids is 1. The highest BCUT2D eigenvalue weighted by atomic mass is 16.5. The van der Waals surface area contributed by atoms with E-state index in [-0.39, 0.29) is 12.5 Å². The second-order valence-electron chi connectivity index (χ2n) is 4.57. The van der Waals surface area contributed by atoms with Gasteiger partial charge in [-0.1, -0.05) is 0 Å². The maximum absolute atomic E-state index is 12.2. The van der Waals surface area contributed by atoms with Crippen molar-refractivity contribution in [3.8, 4) is 0 Å². The lowest BCUT2D eigenvalue weighted by Gasteiger charge is -2.31. The minimum absolute atomic E-state index is 0.0454. The molecule has 16 heavy (non-hydrogen) atoms. The predicted molar refractivity (Wildman–Crippen MR) is 60.9 cm³/mol. The molecule has 94 valence electrons. The van der Waals surface area contributed by atoms with Crippen LogP contribution in [0.25, 0.3) is 0 Å². The molecule has 1 fully saturated rings. The summed E-state index contributed by atoms with van der Waals surface area (Å²) in [4.78, 5) is 13.8. The summed E-state index contributed by atoms with van der Waals surface area (Å²) in [5, 5.41) is 8.93. The Morgan fingerprint density at radius 3 is 2.62 bits per heavy atom. The minimum atomic E-state index is -0.789. The van der Waals surface area contributed by atoms with Gasteiger partial charge in [-0.15, -0.1) is 0 Å². The van der Waals surface area contributed by atoms with Crippen LogP contribution in [0, 0.1) is 5.92 Å². The van der Waals surface area contributed by atoms with Crippen molar-refractivity contribution in [3.05, 3.63) is 0 Å². The van der Waals surface area contributed by atoms with Crippen LogP contribution in [-0.2, 0) is 9.53 Å². The molecule has 0 aliphatic heterocycles. The first-order chi connectivity index (χ1) is 7.54. The Morgan fingerprint density at radius 2 is 2.19 bits per heavy atom. The summed E-state index contributed by atoms with van der Waals surface area (Å²) in [7, 11) is 1.59. The van der Waals surface area contributed by atoms with Crippen molar-refractivity contribution in [2.24, 2.45) is 11.7 Å². The number of rotatable bonds is 7. The molecule has 5 heteroatoms. The second-order valence-corrected chi connectivity index (χ2v) is 4.57. The maximum atomic E-state index is 12.2. The highest BCUT2D eigenvalue weighted by molar-refractivity contribution is 5.86. The van der Waals surface area contributed by atoms with Gasteiger partial charge in [0.05, 0.1) is 18.8 Å². The summed E-state index contributed by atoms with van der Waals surface area (Å²) in [5.74, 6) is 0.213. The zero-order valence-electron chi connectivity index (χ0n) is 10.1. The molecule has 5 nitrogen and oxygen atoms in total. The number of methoxy groups -OCH3 is 1. The minimum Gasteiger partial charge on any atom is -0.395 e. The molecular formula is C11H22N2O3. The number of carbonyl (C=O) groups is 1. The van der Waals surface area contributed by atoms with Gasteiger partial charge in [0.15, 0.2) is 0 Å². The zero-order chi connectivity index (χ0) is 12.2. The van der Waals surface area contributed by atoms with E-state index in [0.717, 1.165) is 12.8 Å². The fraction of sp³-hybridized carbons (Fsp3) is 0.909. The Labute approximate surface area is 96.6 Å². The molecule has 1 atom stereocenters. The molecule has 0 bridgehead atoms. The molecule has 1 rings (SSSR count). The zero-order valence-corrected chi connectivity index (χ0v) is 10.1. The number of aliphatic hydroxyl groups is 1. The molecule has 0 radical (unpaired) electrons. The van der Waals surface area contributed by atoms with Gasteiger partial charge >= 0.3 is 0 Å². The highest BCUT2D eigenvalue weighted by Crippen LogP contribution is 2.38. The third-order valence-electron chi connectivity index (χ3n) is 3.11. The van der Waals surface area contributed by atoms with E-state index in [0.29, 0.717) is 25.6 Å². The van der Waals surface area contributed by atoms with Crippen LogP contribution in [0.1, 0.15) is 19.8 Å². The lowest BCUT2D eigenvalue weighted by atomic mass is 9.95. The molecule has 1 unspecified atom stereocenters. The first-order valence-corrected chi connectivity index (χ1v) is 5.72. The predicted octanol–water partition coefficient (Wildman–Crippen LogP) is -0.419. The van der Waals surface area contributed by atoms with Crippen molar-refractivity contribution in [2.75, 3.05) is 33.4 Å². The number of nitrogens with zero attached hydrogens (tertiary/aromatic N) is 1. The number of nitrogens with two attached hydrogens (primary N) is 1. The molecule has 0 aromatic heterocycles. The monoisotopic (exact) mass is 230 g/mol. The summed E-state index contributed by atoms with van der Waals surface area (Å²) in [5.41, 5.74) is 5.27. The number of hydrogen-bond acceptors (Lipinski definition) is 4. The Bertz CT molecular complexity index is 239. The normalized spacial score (nSPS) is 19.2. The van der Waals surface area contributed by atoms with Gasteiger partial charge in [-0.05, 0) is 25.7 Å². The van der Waals surface area contributed by atoms with Crippen LogP contribution in [0.5, 0.6) is 0 Å². The van der Waals surface area contributed by atoms with Gasteiger partial charge in [-0.2, -0.15) is 0 Å². The first kappa shape index (κ1) is 13.4. The molecule has 0 saturated heterocycles. The van der Waals surface area contributed by atoms with E-state index in [1.165, 1.54) is 0 Å². The van der Waals surface area contributed by atoms with Gasteiger partial charge in [0.1, 0.15) is 0 Å². The van der Waals surface area contributed by atoms with E-state index in [9.17, 15) is 4.79 Å². The number of ether oxygens (including phenoxy) is 1. The number of amides is 1. The Hall–Kier alpha value is -0.650. The van der Waals surface area contributed by atoms with Crippen LogP contribution in [0.3, 0.4) is 0 Å². The SMILES string of the molecule is COCCN(CCO)C(=O)C(C)(N)C1CC1. The molecule has 0 aromatic carbocycles. The Kier molecular flexibility index (Phi) is 4.70. The highest BCUT2D eigenvalue weighted by Gasteiger charge is 2.45. The molecule has 1 aliphatic carbocycles. The quantitative estimate of drug-likeness (QED) is 0.623. The average Bonchev–Trinajstić information content (AvgIpc) is 3.07. The van der Waals surface area contributed by atoms with E-state index in [1.54, 1.807) is 18.9 Å². The van der Waals surface area contributed by atoms with Crippen molar-refractivity contribution in [1.29, 1.82) is 0 Å². The van der Waals surface area contributed by atoms with E-state index in [2.05, 4.69) is 0 Å². The van der Waals surface area contributed by atoms with E-state index in [1.807, 2.05) is 0 Å². The summed E-state index contributed by atoms with van der Waals surface area (Å²) in [6, 6.07) is 0. The lowest BCUT2D eigenvalue weighted by molar-refractivity contribution is -0.138. The van der Waals surface area contributed by atoms with E-state index < -0.39 is 5.54 Å². The summed E-state index contributed by atoms with van der Waals surface area (Å²) < 4.78 is 4.94. The largest absolute Gasteiger partial charge is 0.395 e. The fourth-order valence-electron chi connectivity index (χ4n) is 1.84. The van der Waals surface area contributed by atoms with Crippen LogP contribution in [-0.4, -0.2) is 54.9 Å². The van der Waals surface area contributed by atoms with Crippen LogP contribution >= 0.6 is 0 Å². The van der Waals surface area contributed by atoms with Crippen molar-refractivity contribution < 1.29 is 14.6 Å².